The highest BCUT2D eigenvalue weighted by atomic mass is 79.9. The second-order valence-corrected chi connectivity index (χ2v) is 9.55. The average Bonchev–Trinajstić information content (AvgIpc) is 3.33. The van der Waals surface area contributed by atoms with E-state index in [0.717, 1.165) is 8.66 Å². The van der Waals surface area contributed by atoms with E-state index >= 15 is 0 Å². The van der Waals surface area contributed by atoms with E-state index in [1.807, 2.05) is 29.6 Å². The van der Waals surface area contributed by atoms with E-state index in [-0.39, 0.29) is 12.2 Å². The maximum absolute atomic E-state index is 13.1. The normalized spacial score (nSPS) is 19.0. The van der Waals surface area contributed by atoms with Gasteiger partial charge in [-0.2, -0.15) is 0 Å². The zero-order chi connectivity index (χ0) is 18.3. The molecule has 7 heteroatoms. The summed E-state index contributed by atoms with van der Waals surface area (Å²) in [7, 11) is 0. The van der Waals surface area contributed by atoms with Crippen molar-refractivity contribution in [2.24, 2.45) is 0 Å². The number of carbonyl (C=O) groups excluding carboxylic acids is 2. The van der Waals surface area contributed by atoms with Gasteiger partial charge in [0.1, 0.15) is 0 Å². The molecule has 0 aliphatic carbocycles. The number of halogens is 1. The fourth-order valence-electron chi connectivity index (χ4n) is 3.18. The van der Waals surface area contributed by atoms with Crippen molar-refractivity contribution < 1.29 is 14.7 Å². The van der Waals surface area contributed by atoms with Gasteiger partial charge in [0.2, 0.25) is 0 Å². The zero-order valence-corrected chi connectivity index (χ0v) is 16.7. The number of thiophene rings is 2. The van der Waals surface area contributed by atoms with Crippen LogP contribution in [0.4, 0.5) is 5.69 Å². The molecule has 4 rings (SSSR count). The first kappa shape index (κ1) is 17.6. The summed E-state index contributed by atoms with van der Waals surface area (Å²) in [6.07, 6.45) is -0.267. The van der Waals surface area contributed by atoms with E-state index in [1.54, 1.807) is 40.5 Å². The number of Topliss-reactive ketones (excluding diaryl/α,β-unsaturated/α-hetero) is 1. The summed E-state index contributed by atoms with van der Waals surface area (Å²) in [5, 5.41) is 13.2. The standard InChI is InChI=1S/C19H14BrNO3S2/c20-17-8-7-16(26-17)15(22)10-19(24)13-5-1-2-6-14(13)21(18(19)23)11-12-4-3-9-25-12/h1-9,24H,10-11H2. The van der Waals surface area contributed by atoms with Gasteiger partial charge in [0.25, 0.3) is 5.91 Å². The highest BCUT2D eigenvalue weighted by molar-refractivity contribution is 9.11. The minimum atomic E-state index is -1.83. The lowest BCUT2D eigenvalue weighted by atomic mass is 9.89. The molecule has 1 amide bonds. The molecule has 4 nitrogen and oxygen atoms in total. The van der Waals surface area contributed by atoms with Crippen LogP contribution in [0.5, 0.6) is 0 Å². The van der Waals surface area contributed by atoms with Crippen molar-refractivity contribution in [1.29, 1.82) is 0 Å². The number of hydrogen-bond acceptors (Lipinski definition) is 5. The van der Waals surface area contributed by atoms with Crippen LogP contribution in [-0.4, -0.2) is 16.8 Å². The minimum absolute atomic E-state index is 0.246. The largest absolute Gasteiger partial charge is 0.375 e. The van der Waals surface area contributed by atoms with Gasteiger partial charge >= 0.3 is 0 Å². The van der Waals surface area contributed by atoms with Crippen molar-refractivity contribution in [3.8, 4) is 0 Å². The number of ketones is 1. The first-order valence-electron chi connectivity index (χ1n) is 7.94. The number of benzene rings is 1. The van der Waals surface area contributed by atoms with Gasteiger partial charge in [0.15, 0.2) is 11.4 Å². The monoisotopic (exact) mass is 447 g/mol. The highest BCUT2D eigenvalue weighted by Gasteiger charge is 2.50. The maximum Gasteiger partial charge on any atom is 0.264 e. The number of para-hydroxylation sites is 1. The van der Waals surface area contributed by atoms with Crippen molar-refractivity contribution in [3.05, 3.63) is 73.0 Å². The third-order valence-electron chi connectivity index (χ3n) is 4.40. The summed E-state index contributed by atoms with van der Waals surface area (Å²) >= 11 is 6.19. The molecule has 1 atom stereocenters. The summed E-state index contributed by atoms with van der Waals surface area (Å²) in [5.41, 5.74) is -0.680. The summed E-state index contributed by atoms with van der Waals surface area (Å²) in [6.45, 7) is 0.383. The Morgan fingerprint density at radius 2 is 1.96 bits per heavy atom. The van der Waals surface area contributed by atoms with Gasteiger partial charge in [-0.25, -0.2) is 0 Å². The van der Waals surface area contributed by atoms with Crippen molar-refractivity contribution in [3.63, 3.8) is 0 Å². The third-order valence-corrected chi connectivity index (χ3v) is 6.92. The summed E-state index contributed by atoms with van der Waals surface area (Å²) < 4.78 is 0.838. The van der Waals surface area contributed by atoms with E-state index in [4.69, 9.17) is 0 Å². The zero-order valence-electron chi connectivity index (χ0n) is 13.5. The smallest absolute Gasteiger partial charge is 0.264 e. The van der Waals surface area contributed by atoms with Gasteiger partial charge in [-0.1, -0.05) is 24.3 Å². The molecule has 0 radical (unpaired) electrons. The fraction of sp³-hybridized carbons (Fsp3) is 0.158. The number of fused-ring (bicyclic) bond motifs is 1. The van der Waals surface area contributed by atoms with Crippen LogP contribution in [0.2, 0.25) is 0 Å². The molecule has 1 unspecified atom stereocenters. The van der Waals surface area contributed by atoms with Crippen LogP contribution in [0.1, 0.15) is 26.5 Å². The van der Waals surface area contributed by atoms with Gasteiger partial charge in [-0.3, -0.25) is 9.59 Å². The predicted octanol–water partition coefficient (Wildman–Crippen LogP) is 4.58. The van der Waals surface area contributed by atoms with Gasteiger partial charge in [0, 0.05) is 10.4 Å². The van der Waals surface area contributed by atoms with E-state index in [1.165, 1.54) is 11.3 Å². The molecule has 2 aromatic heterocycles. The van der Waals surface area contributed by atoms with Crippen molar-refractivity contribution in [2.75, 3.05) is 4.90 Å². The quantitative estimate of drug-likeness (QED) is 0.582. The number of anilines is 1. The topological polar surface area (TPSA) is 57.6 Å². The lowest BCUT2D eigenvalue weighted by molar-refractivity contribution is -0.136. The number of amides is 1. The van der Waals surface area contributed by atoms with E-state index in [0.29, 0.717) is 22.7 Å². The van der Waals surface area contributed by atoms with Crippen molar-refractivity contribution in [1.82, 2.24) is 0 Å². The van der Waals surface area contributed by atoms with Gasteiger partial charge in [-0.05, 0) is 45.6 Å². The Bertz CT molecular complexity index is 982. The minimum Gasteiger partial charge on any atom is -0.375 e. The number of carbonyl (C=O) groups is 2. The molecule has 3 heterocycles. The fourth-order valence-corrected chi connectivity index (χ4v) is 5.19. The van der Waals surface area contributed by atoms with Crippen LogP contribution >= 0.6 is 38.6 Å². The first-order chi connectivity index (χ1) is 12.5. The lowest BCUT2D eigenvalue weighted by Gasteiger charge is -2.22. The molecule has 0 saturated heterocycles. The van der Waals surface area contributed by atoms with Crippen LogP contribution < -0.4 is 4.90 Å². The molecule has 0 fully saturated rings. The molecular formula is C19H14BrNO3S2. The van der Waals surface area contributed by atoms with Gasteiger partial charge < -0.3 is 10.0 Å². The first-order valence-corrected chi connectivity index (χ1v) is 10.4. The molecule has 0 saturated carbocycles. The van der Waals surface area contributed by atoms with E-state index in [2.05, 4.69) is 15.9 Å². The van der Waals surface area contributed by atoms with E-state index < -0.39 is 11.5 Å². The molecule has 0 bridgehead atoms. The molecule has 3 aromatic rings. The Hall–Kier alpha value is -1.80. The SMILES string of the molecule is O=C(CC1(O)C(=O)N(Cc2cccs2)c2ccccc21)c1ccc(Br)s1. The second-order valence-electron chi connectivity index (χ2n) is 6.05. The van der Waals surface area contributed by atoms with Crippen LogP contribution in [0, 0.1) is 0 Å². The molecule has 26 heavy (non-hydrogen) atoms. The Balaban J connectivity index is 1.69. The molecule has 0 spiro atoms. The third kappa shape index (κ3) is 2.95. The van der Waals surface area contributed by atoms with Crippen molar-refractivity contribution in [2.45, 2.75) is 18.6 Å². The average molecular weight is 448 g/mol. The predicted molar refractivity (Wildman–Crippen MR) is 107 cm³/mol. The number of aliphatic hydroxyl groups is 1. The Morgan fingerprint density at radius 1 is 1.15 bits per heavy atom. The number of hydrogen-bond donors (Lipinski definition) is 1. The lowest BCUT2D eigenvalue weighted by Crippen LogP contribution is -2.41. The highest BCUT2D eigenvalue weighted by Crippen LogP contribution is 2.44. The van der Waals surface area contributed by atoms with Crippen LogP contribution in [-0.2, 0) is 16.9 Å². The Kier molecular flexibility index (Phi) is 4.56. The second kappa shape index (κ2) is 6.74. The van der Waals surface area contributed by atoms with Crippen LogP contribution in [0.25, 0.3) is 0 Å². The van der Waals surface area contributed by atoms with Crippen LogP contribution in [0.3, 0.4) is 0 Å². The Morgan fingerprint density at radius 3 is 2.65 bits per heavy atom. The summed E-state index contributed by atoms with van der Waals surface area (Å²) in [5.74, 6) is -0.694. The molecule has 1 aromatic carbocycles. The van der Waals surface area contributed by atoms with Gasteiger partial charge in [0.05, 0.1) is 27.3 Å². The maximum atomic E-state index is 13.1. The van der Waals surface area contributed by atoms with Crippen molar-refractivity contribution >= 4 is 56.0 Å². The number of rotatable bonds is 5. The molecule has 132 valence electrons. The van der Waals surface area contributed by atoms with Gasteiger partial charge in [-0.15, -0.1) is 22.7 Å². The Labute approximate surface area is 166 Å². The van der Waals surface area contributed by atoms with Crippen LogP contribution in [0.15, 0.2) is 57.7 Å². The summed E-state index contributed by atoms with van der Waals surface area (Å²) in [4.78, 5) is 28.9. The molecule has 1 aliphatic rings. The molecule has 1 N–H and O–H groups in total. The molecule has 1 aliphatic heterocycles. The summed E-state index contributed by atoms with van der Waals surface area (Å²) in [6, 6.07) is 14.5. The van der Waals surface area contributed by atoms with E-state index in [9.17, 15) is 14.7 Å². The number of nitrogens with zero attached hydrogens (tertiary/aromatic N) is 1. The molecular weight excluding hydrogens is 434 g/mol.